The molecule has 4 bridgehead atoms. The van der Waals surface area contributed by atoms with Crippen molar-refractivity contribution in [3.05, 3.63) is 0 Å². The Balaban J connectivity index is 1.89. The van der Waals surface area contributed by atoms with Gasteiger partial charge in [-0.05, 0) is 0 Å². The van der Waals surface area contributed by atoms with E-state index in [9.17, 15) is 4.79 Å². The normalized spacial score (nSPS) is 77.8. The van der Waals surface area contributed by atoms with Crippen LogP contribution in [0.25, 0.3) is 0 Å². The molecule has 1 saturated heterocycles. The molecule has 23 heavy (non-hydrogen) atoms. The van der Waals surface area contributed by atoms with E-state index in [1.54, 1.807) is 0 Å². The molecule has 1 spiro atoms. The van der Waals surface area contributed by atoms with Crippen molar-refractivity contribution in [2.75, 3.05) is 13.2 Å². The van der Waals surface area contributed by atoms with Crippen molar-refractivity contribution in [2.45, 2.75) is 44.8 Å². The number of hydrogen-bond acceptors (Lipinski definition) is 3. The van der Waals surface area contributed by atoms with Gasteiger partial charge in [-0.2, -0.15) is 0 Å². The van der Waals surface area contributed by atoms with Crippen LogP contribution >= 0.6 is 92.8 Å². The van der Waals surface area contributed by atoms with Crippen molar-refractivity contribution in [1.29, 1.82) is 0 Å². The van der Waals surface area contributed by atoms with Gasteiger partial charge in [0.05, 0.1) is 13.2 Å². The maximum absolute atomic E-state index is 13.1. The molecule has 3 nitrogen and oxygen atoms in total. The molecule has 0 unspecified atom stereocenters. The Hall–Kier alpha value is 1.91. The number of ether oxygens (including phenoxy) is 2. The van der Waals surface area contributed by atoms with E-state index in [-0.39, 0.29) is 13.2 Å². The fourth-order valence-corrected chi connectivity index (χ4v) is 13.5. The molecule has 0 radical (unpaired) electrons. The van der Waals surface area contributed by atoms with Crippen LogP contribution < -0.4 is 0 Å². The van der Waals surface area contributed by atoms with E-state index in [2.05, 4.69) is 0 Å². The van der Waals surface area contributed by atoms with Gasteiger partial charge in [-0.1, -0.05) is 0 Å². The SMILES string of the molecule is O=C1[C@@]2(Cl)[C@]3(Cl)C4(OCCO4)[C@@]4(Cl)[C@@]5(Cl)[C@@](Cl)([C@@]1(Cl)[C@@]35Cl)[C@@]24Cl. The molecule has 126 valence electrons. The number of Topliss-reactive ketones (excluding diaryl/α,β-unsaturated/α-hetero) is 1. The number of halogens is 8. The first-order valence-corrected chi connectivity index (χ1v) is 9.73. The second kappa shape index (κ2) is 3.17. The van der Waals surface area contributed by atoms with Gasteiger partial charge in [0.15, 0.2) is 20.4 Å². The fourth-order valence-electron chi connectivity index (χ4n) is 6.49. The number of carbonyl (C=O) groups is 1. The van der Waals surface area contributed by atoms with E-state index in [1.165, 1.54) is 0 Å². The standard InChI is InChI=1S/C12H4Cl8O3/c13-4-3(21)5(14)7(16)6(4,15)10(19)8(4,17)9(5,18)12(11(7,10)20)22-1-2-23-12/h1-2H2/t4-,5+,6-,7+,8-,9-,10-,11+/m1/s1. The number of hydrogen-bond donors (Lipinski definition) is 0. The number of ketones is 1. The first kappa shape index (κ1) is 15.9. The Kier molecular flexibility index (Phi) is 2.19. The summed E-state index contributed by atoms with van der Waals surface area (Å²) in [6.07, 6.45) is 0. The van der Waals surface area contributed by atoms with Gasteiger partial charge in [0.25, 0.3) is 0 Å². The first-order chi connectivity index (χ1) is 10.4. The zero-order chi connectivity index (χ0) is 16.9. The summed E-state index contributed by atoms with van der Waals surface area (Å²) in [7, 11) is 0. The third-order valence-electron chi connectivity index (χ3n) is 6.97. The lowest BCUT2D eigenvalue weighted by Gasteiger charge is -2.84. The average molecular weight is 480 g/mol. The molecule has 7 fully saturated rings. The van der Waals surface area contributed by atoms with Gasteiger partial charge in [-0.3, -0.25) is 4.79 Å². The maximum atomic E-state index is 13.1. The zero-order valence-corrected chi connectivity index (χ0v) is 16.7. The molecule has 7 rings (SSSR count). The molecule has 11 heteroatoms. The molecule has 1 heterocycles. The lowest BCUT2D eigenvalue weighted by Crippen LogP contribution is -3.07. The second-order valence-corrected chi connectivity index (χ2v) is 11.4. The summed E-state index contributed by atoms with van der Waals surface area (Å²) in [5.74, 6) is -2.45. The highest BCUT2D eigenvalue weighted by Gasteiger charge is 3.32. The van der Waals surface area contributed by atoms with E-state index in [0.29, 0.717) is 0 Å². The van der Waals surface area contributed by atoms with Crippen molar-refractivity contribution in [3.8, 4) is 0 Å². The molecular formula is C12H4Cl8O3. The summed E-state index contributed by atoms with van der Waals surface area (Å²) in [6.45, 7) is 0.336. The summed E-state index contributed by atoms with van der Waals surface area (Å²) in [4.78, 5) is -1.14. The highest BCUT2D eigenvalue weighted by molar-refractivity contribution is 6.79. The molecule has 0 aromatic carbocycles. The Morgan fingerprint density at radius 3 is 1.52 bits per heavy atom. The van der Waals surface area contributed by atoms with E-state index < -0.39 is 50.6 Å². The van der Waals surface area contributed by atoms with E-state index in [1.807, 2.05) is 0 Å². The molecule has 0 N–H and O–H groups in total. The minimum Gasteiger partial charge on any atom is -0.344 e. The Morgan fingerprint density at radius 2 is 1.00 bits per heavy atom. The topological polar surface area (TPSA) is 35.5 Å². The van der Waals surface area contributed by atoms with Crippen LogP contribution in [0, 0.1) is 0 Å². The summed E-state index contributed by atoms with van der Waals surface area (Å²) in [5, 5.41) is 0. The zero-order valence-electron chi connectivity index (χ0n) is 10.7. The molecule has 6 aliphatic carbocycles. The fraction of sp³-hybridized carbons (Fsp3) is 0.917. The molecule has 0 aromatic rings. The maximum Gasteiger partial charge on any atom is 0.215 e. The van der Waals surface area contributed by atoms with E-state index >= 15 is 0 Å². The summed E-state index contributed by atoms with van der Waals surface area (Å²) >= 11 is 54.5. The lowest BCUT2D eigenvalue weighted by molar-refractivity contribution is -0.188. The first-order valence-electron chi connectivity index (χ1n) is 6.70. The van der Waals surface area contributed by atoms with E-state index in [4.69, 9.17) is 102 Å². The van der Waals surface area contributed by atoms with Gasteiger partial charge >= 0.3 is 0 Å². The van der Waals surface area contributed by atoms with Crippen molar-refractivity contribution >= 4 is 98.6 Å². The average Bonchev–Trinajstić information content (AvgIpc) is 3.12. The number of carbonyl (C=O) groups excluding carboxylic acids is 1. The van der Waals surface area contributed by atoms with Crippen molar-refractivity contribution in [1.82, 2.24) is 0 Å². The summed E-state index contributed by atoms with van der Waals surface area (Å²) < 4.78 is 11.6. The molecule has 0 aromatic heterocycles. The van der Waals surface area contributed by atoms with Gasteiger partial charge in [0.2, 0.25) is 5.79 Å². The second-order valence-electron chi connectivity index (χ2n) is 6.91. The quantitative estimate of drug-likeness (QED) is 0.501. The van der Waals surface area contributed by atoms with Gasteiger partial charge in [0, 0.05) is 0 Å². The van der Waals surface area contributed by atoms with Crippen molar-refractivity contribution < 1.29 is 14.3 Å². The summed E-state index contributed by atoms with van der Waals surface area (Å²) in [5.41, 5.74) is 0. The summed E-state index contributed by atoms with van der Waals surface area (Å²) in [6, 6.07) is 0. The molecule has 0 amide bonds. The number of alkyl halides is 8. The van der Waals surface area contributed by atoms with Crippen LogP contribution in [-0.4, -0.2) is 63.8 Å². The van der Waals surface area contributed by atoms with Crippen LogP contribution in [0.15, 0.2) is 0 Å². The highest BCUT2D eigenvalue weighted by Crippen LogP contribution is 3.09. The minimum absolute atomic E-state index is 0.168. The van der Waals surface area contributed by atoms with Crippen LogP contribution in [0.4, 0.5) is 0 Å². The van der Waals surface area contributed by atoms with Crippen molar-refractivity contribution in [3.63, 3.8) is 0 Å². The predicted molar refractivity (Wildman–Crippen MR) is 88.3 cm³/mol. The predicted octanol–water partition coefficient (Wildman–Crippen LogP) is 3.19. The molecular weight excluding hydrogens is 476 g/mol. The van der Waals surface area contributed by atoms with Gasteiger partial charge in [-0.15, -0.1) is 92.8 Å². The van der Waals surface area contributed by atoms with Crippen LogP contribution in [0.1, 0.15) is 0 Å². The Morgan fingerprint density at radius 1 is 0.609 bits per heavy atom. The number of rotatable bonds is 0. The monoisotopic (exact) mass is 476 g/mol. The van der Waals surface area contributed by atoms with Gasteiger partial charge in [0.1, 0.15) is 24.4 Å². The smallest absolute Gasteiger partial charge is 0.215 e. The van der Waals surface area contributed by atoms with Crippen molar-refractivity contribution in [2.24, 2.45) is 0 Å². The molecule has 6 saturated carbocycles. The Labute approximate surface area is 170 Å². The minimum atomic E-state index is -1.98. The van der Waals surface area contributed by atoms with E-state index in [0.717, 1.165) is 0 Å². The van der Waals surface area contributed by atoms with Crippen LogP contribution in [0.3, 0.4) is 0 Å². The van der Waals surface area contributed by atoms with Crippen LogP contribution in [0.5, 0.6) is 0 Å². The van der Waals surface area contributed by atoms with Crippen LogP contribution in [-0.2, 0) is 14.3 Å². The van der Waals surface area contributed by atoms with Gasteiger partial charge in [-0.25, -0.2) is 0 Å². The lowest BCUT2D eigenvalue weighted by atomic mass is 9.37. The molecule has 7 aliphatic rings. The van der Waals surface area contributed by atoms with Gasteiger partial charge < -0.3 is 9.47 Å². The molecule has 1 aliphatic heterocycles. The highest BCUT2D eigenvalue weighted by atomic mass is 35.5. The largest absolute Gasteiger partial charge is 0.344 e. The molecule has 8 atom stereocenters. The van der Waals surface area contributed by atoms with Crippen LogP contribution in [0.2, 0.25) is 0 Å². The Bertz CT molecular complexity index is 788. The third-order valence-corrected chi connectivity index (χ3v) is 14.5. The third kappa shape index (κ3) is 0.670.